The molecule has 0 aliphatic carbocycles. The average molecular weight is 331 g/mol. The monoisotopic (exact) mass is 331 g/mol. The summed E-state index contributed by atoms with van der Waals surface area (Å²) in [6, 6.07) is 8.47. The normalized spacial score (nSPS) is 14.0. The van der Waals surface area contributed by atoms with E-state index < -0.39 is 16.7 Å². The third-order valence-electron chi connectivity index (χ3n) is 3.63. The molecular formula is C16H13NO7. The zero-order chi connectivity index (χ0) is 17.5. The van der Waals surface area contributed by atoms with E-state index >= 15 is 0 Å². The van der Waals surface area contributed by atoms with E-state index in [1.54, 1.807) is 0 Å². The first-order valence-electron chi connectivity index (χ1n) is 6.86. The highest BCUT2D eigenvalue weighted by molar-refractivity contribution is 6.02. The molecule has 0 saturated carbocycles. The van der Waals surface area contributed by atoms with Gasteiger partial charge in [-0.1, -0.05) is 12.1 Å². The van der Waals surface area contributed by atoms with Gasteiger partial charge in [-0.25, -0.2) is 14.8 Å². The molecule has 0 bridgehead atoms. The summed E-state index contributed by atoms with van der Waals surface area (Å²) in [4.78, 5) is 21.8. The molecule has 1 N–H and O–H groups in total. The predicted molar refractivity (Wildman–Crippen MR) is 82.2 cm³/mol. The Balaban J connectivity index is 2.30. The van der Waals surface area contributed by atoms with Crippen LogP contribution >= 0.6 is 0 Å². The van der Waals surface area contributed by atoms with E-state index in [4.69, 9.17) is 4.74 Å². The highest BCUT2D eigenvalue weighted by Gasteiger charge is 2.43. The first-order valence-corrected chi connectivity index (χ1v) is 6.86. The zero-order valence-corrected chi connectivity index (χ0v) is 12.8. The molecule has 0 radical (unpaired) electrons. The van der Waals surface area contributed by atoms with Crippen molar-refractivity contribution in [2.75, 3.05) is 14.2 Å². The number of hydrogen-bond acceptors (Lipinski definition) is 7. The first kappa shape index (κ1) is 15.9. The Bertz CT molecular complexity index is 777. The van der Waals surface area contributed by atoms with Crippen LogP contribution in [0.3, 0.4) is 0 Å². The van der Waals surface area contributed by atoms with Crippen molar-refractivity contribution in [3.05, 3.63) is 52.7 Å². The highest BCUT2D eigenvalue weighted by Crippen LogP contribution is 2.53. The zero-order valence-electron chi connectivity index (χ0n) is 12.8. The lowest BCUT2D eigenvalue weighted by atomic mass is 10.1. The van der Waals surface area contributed by atoms with Crippen molar-refractivity contribution in [2.45, 2.75) is 0 Å². The van der Waals surface area contributed by atoms with Crippen molar-refractivity contribution >= 4 is 23.3 Å². The molecule has 0 spiro atoms. The fourth-order valence-corrected chi connectivity index (χ4v) is 2.61. The predicted octanol–water partition coefficient (Wildman–Crippen LogP) is 2.89. The van der Waals surface area contributed by atoms with E-state index in [0.29, 0.717) is 0 Å². The molecular weight excluding hydrogens is 318 g/mol. The van der Waals surface area contributed by atoms with E-state index in [1.807, 2.05) is 0 Å². The molecule has 0 unspecified atom stereocenters. The molecule has 0 saturated heterocycles. The van der Waals surface area contributed by atoms with Gasteiger partial charge in [0.25, 0.3) is 0 Å². The molecule has 1 aliphatic heterocycles. The van der Waals surface area contributed by atoms with Crippen LogP contribution in [0.4, 0.5) is 11.4 Å². The number of benzene rings is 2. The van der Waals surface area contributed by atoms with Crippen molar-refractivity contribution < 1.29 is 29.0 Å². The van der Waals surface area contributed by atoms with Gasteiger partial charge in [-0.05, 0) is 24.3 Å². The van der Waals surface area contributed by atoms with Crippen molar-refractivity contribution in [3.8, 4) is 11.5 Å². The van der Waals surface area contributed by atoms with Crippen LogP contribution in [0.1, 0.15) is 20.7 Å². The van der Waals surface area contributed by atoms with Gasteiger partial charge in [0.2, 0.25) is 11.4 Å². The number of nitrogens with zero attached hydrogens (tertiary/aromatic N) is 1. The molecule has 0 amide bonds. The molecule has 8 nitrogen and oxygen atoms in total. The molecule has 8 heteroatoms. The lowest BCUT2D eigenvalue weighted by molar-refractivity contribution is 0.0156. The molecule has 0 fully saturated rings. The third kappa shape index (κ3) is 2.21. The minimum Gasteiger partial charge on any atom is -0.588 e. The summed E-state index contributed by atoms with van der Waals surface area (Å²) >= 11 is 0. The standard InChI is InChI=1S/C16H13NO7/c1-22-15(18)9-5-3-7-11-13(9)17(20,21)14-10(16(19)23-2)6-4-8-12(14)24-11/h3-8,20H,1-2H3. The van der Waals surface area contributed by atoms with Gasteiger partial charge in [-0.3, -0.25) is 0 Å². The summed E-state index contributed by atoms with van der Waals surface area (Å²) in [5.41, 5.74) is -1.07. The minimum absolute atomic E-state index is 0.00934. The van der Waals surface area contributed by atoms with Crippen LogP contribution in [0.25, 0.3) is 0 Å². The Morgan fingerprint density at radius 3 is 1.75 bits per heavy atom. The first-order chi connectivity index (χ1) is 11.4. The SMILES string of the molecule is COC(=O)c1cccc2c1[N+]([O-])(O)c1c(cccc1C(=O)OC)O2. The van der Waals surface area contributed by atoms with E-state index in [-0.39, 0.29) is 34.0 Å². The van der Waals surface area contributed by atoms with Crippen LogP contribution in [-0.2, 0) is 9.47 Å². The van der Waals surface area contributed by atoms with Crippen molar-refractivity contribution in [1.82, 2.24) is 4.81 Å². The van der Waals surface area contributed by atoms with Crippen molar-refractivity contribution in [1.29, 1.82) is 0 Å². The van der Waals surface area contributed by atoms with Gasteiger partial charge in [0.1, 0.15) is 11.1 Å². The lowest BCUT2D eigenvalue weighted by Crippen LogP contribution is -2.38. The van der Waals surface area contributed by atoms with Gasteiger partial charge >= 0.3 is 11.9 Å². The second-order valence-corrected chi connectivity index (χ2v) is 4.97. The number of fused-ring (bicyclic) bond motifs is 2. The number of hydrogen-bond donors (Lipinski definition) is 1. The summed E-state index contributed by atoms with van der Waals surface area (Å²) in [6.45, 7) is 0. The quantitative estimate of drug-likeness (QED) is 0.512. The third-order valence-corrected chi connectivity index (χ3v) is 3.63. The molecule has 1 aliphatic rings. The van der Waals surface area contributed by atoms with Gasteiger partial charge in [0, 0.05) is 0 Å². The molecule has 0 aromatic heterocycles. The number of quaternary nitrogens is 1. The number of rotatable bonds is 2. The second-order valence-electron chi connectivity index (χ2n) is 4.97. The maximum absolute atomic E-state index is 13.0. The lowest BCUT2D eigenvalue weighted by Gasteiger charge is -2.38. The molecule has 124 valence electrons. The topological polar surface area (TPSA) is 105 Å². The Hall–Kier alpha value is -2.94. The van der Waals surface area contributed by atoms with E-state index in [9.17, 15) is 20.0 Å². The van der Waals surface area contributed by atoms with Gasteiger partial charge < -0.3 is 19.4 Å². The molecule has 2 aromatic rings. The Kier molecular flexibility index (Phi) is 3.72. The van der Waals surface area contributed by atoms with Crippen LogP contribution in [0.15, 0.2) is 36.4 Å². The number of esters is 2. The summed E-state index contributed by atoms with van der Waals surface area (Å²) in [6.07, 6.45) is 0. The molecule has 0 atom stereocenters. The molecule has 3 rings (SSSR count). The maximum Gasteiger partial charge on any atom is 0.344 e. The molecule has 2 aromatic carbocycles. The number of methoxy groups -OCH3 is 2. The van der Waals surface area contributed by atoms with E-state index in [2.05, 4.69) is 9.47 Å². The minimum atomic E-state index is -2.10. The Labute approximate surface area is 136 Å². The van der Waals surface area contributed by atoms with Crippen LogP contribution in [0.5, 0.6) is 11.5 Å². The fraction of sp³-hybridized carbons (Fsp3) is 0.125. The molecule has 1 heterocycles. The summed E-state index contributed by atoms with van der Waals surface area (Å²) < 4.78 is 14.9. The van der Waals surface area contributed by atoms with Crippen LogP contribution in [-0.4, -0.2) is 31.4 Å². The number of para-hydroxylation sites is 2. The fourth-order valence-electron chi connectivity index (χ4n) is 2.61. The summed E-state index contributed by atoms with van der Waals surface area (Å²) in [7, 11) is 2.30. The number of carbonyl (C=O) groups excluding carboxylic acids is 2. The van der Waals surface area contributed by atoms with Crippen LogP contribution in [0, 0.1) is 5.21 Å². The van der Waals surface area contributed by atoms with Crippen molar-refractivity contribution in [3.63, 3.8) is 0 Å². The number of carbonyl (C=O) groups is 2. The van der Waals surface area contributed by atoms with E-state index in [1.165, 1.54) is 36.4 Å². The van der Waals surface area contributed by atoms with Gasteiger partial charge in [0.15, 0.2) is 11.5 Å². The number of ether oxygens (including phenoxy) is 3. The largest absolute Gasteiger partial charge is 0.588 e. The van der Waals surface area contributed by atoms with Gasteiger partial charge in [-0.2, -0.15) is 0 Å². The van der Waals surface area contributed by atoms with E-state index in [0.717, 1.165) is 14.2 Å². The second kappa shape index (κ2) is 5.60. The summed E-state index contributed by atoms with van der Waals surface area (Å²) in [5, 5.41) is 23.7. The smallest absolute Gasteiger partial charge is 0.344 e. The van der Waals surface area contributed by atoms with Crippen LogP contribution in [0.2, 0.25) is 0 Å². The highest BCUT2D eigenvalue weighted by atomic mass is 16.8. The van der Waals surface area contributed by atoms with Crippen molar-refractivity contribution in [2.24, 2.45) is 0 Å². The average Bonchev–Trinajstić information content (AvgIpc) is 2.59. The van der Waals surface area contributed by atoms with Gasteiger partial charge in [0.05, 0.1) is 14.2 Å². The maximum atomic E-state index is 13.0. The van der Waals surface area contributed by atoms with Crippen LogP contribution < -0.4 is 9.55 Å². The Morgan fingerprint density at radius 1 is 0.958 bits per heavy atom. The summed E-state index contributed by atoms with van der Waals surface area (Å²) in [5.74, 6) is -1.65. The Morgan fingerprint density at radius 2 is 1.38 bits per heavy atom. The van der Waals surface area contributed by atoms with Gasteiger partial charge in [-0.15, -0.1) is 4.81 Å². The molecule has 24 heavy (non-hydrogen) atoms.